The van der Waals surface area contributed by atoms with Crippen LogP contribution in [0.2, 0.25) is 0 Å². The Hall–Kier alpha value is -3.94. The molecule has 2 heterocycles. The Morgan fingerprint density at radius 1 is 1.07 bits per heavy atom. The lowest BCUT2D eigenvalue weighted by atomic mass is 10.1. The molecule has 0 saturated carbocycles. The number of hydrogen-bond acceptors (Lipinski definition) is 7. The fourth-order valence-electron chi connectivity index (χ4n) is 2.59. The Bertz CT molecular complexity index is 1190. The number of nitrogens with zero attached hydrogens (tertiary/aromatic N) is 2. The van der Waals surface area contributed by atoms with Crippen LogP contribution in [0.4, 0.5) is 5.69 Å². The molecule has 0 amide bonds. The third kappa shape index (κ3) is 3.54. The molecule has 134 valence electrons. The summed E-state index contributed by atoms with van der Waals surface area (Å²) in [5.41, 5.74) is 1.11. The van der Waals surface area contributed by atoms with E-state index in [-0.39, 0.29) is 12.3 Å². The van der Waals surface area contributed by atoms with Crippen LogP contribution in [0.5, 0.6) is 5.75 Å². The number of nitro benzene ring substituents is 1. The maximum atomic E-state index is 11.2. The van der Waals surface area contributed by atoms with Gasteiger partial charge in [-0.25, -0.2) is 4.79 Å². The molecular formula is C19H12N2O6. The molecule has 4 aromatic rings. The Morgan fingerprint density at radius 2 is 1.96 bits per heavy atom. The van der Waals surface area contributed by atoms with Crippen molar-refractivity contribution in [1.29, 1.82) is 0 Å². The molecule has 8 nitrogen and oxygen atoms in total. The van der Waals surface area contributed by atoms with Gasteiger partial charge in [0.15, 0.2) is 5.76 Å². The van der Waals surface area contributed by atoms with Gasteiger partial charge in [0, 0.05) is 35.2 Å². The third-order valence-electron chi connectivity index (χ3n) is 3.88. The number of non-ortho nitro benzene ring substituents is 1. The predicted octanol–water partition coefficient (Wildman–Crippen LogP) is 3.94. The zero-order valence-electron chi connectivity index (χ0n) is 13.8. The average Bonchev–Trinajstić information content (AvgIpc) is 3.15. The van der Waals surface area contributed by atoms with Crippen molar-refractivity contribution in [3.05, 3.63) is 87.0 Å². The lowest BCUT2D eigenvalue weighted by Gasteiger charge is -2.04. The number of rotatable bonds is 5. The summed E-state index contributed by atoms with van der Waals surface area (Å²) in [5.74, 6) is 1.04. The molecule has 0 aliphatic heterocycles. The average molecular weight is 364 g/mol. The van der Waals surface area contributed by atoms with E-state index in [9.17, 15) is 14.9 Å². The lowest BCUT2D eigenvalue weighted by molar-refractivity contribution is -0.384. The maximum absolute atomic E-state index is 11.2. The Labute approximate surface area is 151 Å². The Morgan fingerprint density at radius 3 is 2.81 bits per heavy atom. The fraction of sp³-hybridized carbons (Fsp3) is 0.0526. The van der Waals surface area contributed by atoms with Crippen LogP contribution in [-0.4, -0.2) is 10.1 Å². The van der Waals surface area contributed by atoms with Crippen molar-refractivity contribution in [2.24, 2.45) is 0 Å². The van der Waals surface area contributed by atoms with Crippen LogP contribution < -0.4 is 10.4 Å². The predicted molar refractivity (Wildman–Crippen MR) is 95.4 cm³/mol. The van der Waals surface area contributed by atoms with Crippen molar-refractivity contribution in [2.75, 3.05) is 0 Å². The van der Waals surface area contributed by atoms with E-state index in [1.165, 1.54) is 18.2 Å². The highest BCUT2D eigenvalue weighted by Gasteiger charge is 2.11. The molecule has 0 bridgehead atoms. The van der Waals surface area contributed by atoms with Crippen molar-refractivity contribution in [3.8, 4) is 17.0 Å². The highest BCUT2D eigenvalue weighted by Crippen LogP contribution is 2.25. The standard InChI is InChI=1S/C19H12N2O6/c22-19-7-4-13-9-15(5-6-18(13)26-19)25-11-16-10-17(20-27-16)12-2-1-3-14(8-12)21(23)24/h1-10H,11H2. The van der Waals surface area contributed by atoms with E-state index < -0.39 is 10.5 Å². The SMILES string of the molecule is O=c1ccc2cc(OCc3cc(-c4cccc([N+](=O)[O-])c4)no3)ccc2o1. The second-order valence-electron chi connectivity index (χ2n) is 5.73. The largest absolute Gasteiger partial charge is 0.486 e. The van der Waals surface area contributed by atoms with Gasteiger partial charge in [0.1, 0.15) is 23.6 Å². The molecule has 0 N–H and O–H groups in total. The minimum Gasteiger partial charge on any atom is -0.486 e. The number of fused-ring (bicyclic) bond motifs is 1. The molecule has 0 unspecified atom stereocenters. The zero-order chi connectivity index (χ0) is 18.8. The minimum atomic E-state index is -0.463. The minimum absolute atomic E-state index is 0.0175. The van der Waals surface area contributed by atoms with E-state index in [2.05, 4.69) is 5.16 Å². The van der Waals surface area contributed by atoms with Gasteiger partial charge in [0.05, 0.1) is 4.92 Å². The number of benzene rings is 2. The van der Waals surface area contributed by atoms with Crippen LogP contribution in [0.15, 0.2) is 74.4 Å². The van der Waals surface area contributed by atoms with Crippen LogP contribution in [0.1, 0.15) is 5.76 Å². The Kier molecular flexibility index (Phi) is 4.13. The highest BCUT2D eigenvalue weighted by atomic mass is 16.6. The van der Waals surface area contributed by atoms with Crippen molar-refractivity contribution in [2.45, 2.75) is 6.61 Å². The molecule has 0 atom stereocenters. The van der Waals surface area contributed by atoms with Gasteiger partial charge in [-0.15, -0.1) is 0 Å². The highest BCUT2D eigenvalue weighted by molar-refractivity contribution is 5.77. The van der Waals surface area contributed by atoms with E-state index in [0.29, 0.717) is 28.4 Å². The number of hydrogen-bond donors (Lipinski definition) is 0. The molecule has 0 spiro atoms. The van der Waals surface area contributed by atoms with Crippen LogP contribution in [0.3, 0.4) is 0 Å². The van der Waals surface area contributed by atoms with E-state index in [1.807, 2.05) is 0 Å². The van der Waals surface area contributed by atoms with E-state index in [0.717, 1.165) is 5.39 Å². The molecule has 4 rings (SSSR count). The molecule has 2 aromatic heterocycles. The second kappa shape index (κ2) is 6.75. The van der Waals surface area contributed by atoms with Crippen LogP contribution in [0, 0.1) is 10.1 Å². The quantitative estimate of drug-likeness (QED) is 0.300. The van der Waals surface area contributed by atoms with Crippen molar-refractivity contribution >= 4 is 16.7 Å². The van der Waals surface area contributed by atoms with Gasteiger partial charge in [-0.3, -0.25) is 10.1 Å². The number of ether oxygens (including phenoxy) is 1. The zero-order valence-corrected chi connectivity index (χ0v) is 13.8. The van der Waals surface area contributed by atoms with Gasteiger partial charge in [-0.05, 0) is 24.3 Å². The second-order valence-corrected chi connectivity index (χ2v) is 5.73. The van der Waals surface area contributed by atoms with Crippen molar-refractivity contribution in [3.63, 3.8) is 0 Å². The van der Waals surface area contributed by atoms with Crippen LogP contribution >= 0.6 is 0 Å². The first kappa shape index (κ1) is 16.5. The van der Waals surface area contributed by atoms with Gasteiger partial charge < -0.3 is 13.7 Å². The fourth-order valence-corrected chi connectivity index (χ4v) is 2.59. The molecule has 2 aromatic carbocycles. The summed E-state index contributed by atoms with van der Waals surface area (Å²) in [4.78, 5) is 21.6. The molecule has 0 aliphatic rings. The van der Waals surface area contributed by atoms with Gasteiger partial charge in [0.2, 0.25) is 0 Å². The molecule has 0 fully saturated rings. The lowest BCUT2D eigenvalue weighted by Crippen LogP contribution is -1.96. The molecule has 27 heavy (non-hydrogen) atoms. The van der Waals surface area contributed by atoms with Crippen LogP contribution in [0.25, 0.3) is 22.2 Å². The maximum Gasteiger partial charge on any atom is 0.336 e. The summed E-state index contributed by atoms with van der Waals surface area (Å²) in [6.07, 6.45) is 0. The van der Waals surface area contributed by atoms with Crippen LogP contribution in [-0.2, 0) is 6.61 Å². The first-order valence-electron chi connectivity index (χ1n) is 7.96. The molecule has 8 heteroatoms. The summed E-state index contributed by atoms with van der Waals surface area (Å²) >= 11 is 0. The third-order valence-corrected chi connectivity index (χ3v) is 3.88. The van der Waals surface area contributed by atoms with E-state index in [1.54, 1.807) is 42.5 Å². The van der Waals surface area contributed by atoms with Gasteiger partial charge >= 0.3 is 5.63 Å². The Balaban J connectivity index is 1.50. The van der Waals surface area contributed by atoms with Gasteiger partial charge in [-0.2, -0.15) is 0 Å². The number of nitro groups is 1. The van der Waals surface area contributed by atoms with Crippen molar-refractivity contribution < 1.29 is 18.6 Å². The first-order valence-corrected chi connectivity index (χ1v) is 7.96. The summed E-state index contributed by atoms with van der Waals surface area (Å²) in [6.45, 7) is 0.129. The first-order chi connectivity index (χ1) is 13.1. The summed E-state index contributed by atoms with van der Waals surface area (Å²) in [7, 11) is 0. The monoisotopic (exact) mass is 364 g/mol. The van der Waals surface area contributed by atoms with Gasteiger partial charge in [0.25, 0.3) is 5.69 Å². The summed E-state index contributed by atoms with van der Waals surface area (Å²) in [6, 6.07) is 15.9. The van der Waals surface area contributed by atoms with Crippen molar-refractivity contribution in [1.82, 2.24) is 5.16 Å². The van der Waals surface area contributed by atoms with E-state index in [4.69, 9.17) is 13.7 Å². The molecule has 0 radical (unpaired) electrons. The molecule has 0 aliphatic carbocycles. The van der Waals surface area contributed by atoms with Gasteiger partial charge in [-0.1, -0.05) is 17.3 Å². The normalized spacial score (nSPS) is 10.8. The molecule has 0 saturated heterocycles. The summed E-state index contributed by atoms with van der Waals surface area (Å²) in [5, 5.41) is 15.5. The topological polar surface area (TPSA) is 109 Å². The smallest absolute Gasteiger partial charge is 0.336 e. The summed E-state index contributed by atoms with van der Waals surface area (Å²) < 4.78 is 16.0. The molecular weight excluding hydrogens is 352 g/mol. The van der Waals surface area contributed by atoms with E-state index >= 15 is 0 Å². The number of aromatic nitrogens is 1.